The number of nitro groups is 1. The van der Waals surface area contributed by atoms with Crippen LogP contribution in [0, 0.1) is 10.1 Å². The van der Waals surface area contributed by atoms with Gasteiger partial charge in [-0.2, -0.15) is 0 Å². The van der Waals surface area contributed by atoms with E-state index in [0.717, 1.165) is 24.7 Å². The summed E-state index contributed by atoms with van der Waals surface area (Å²) in [7, 11) is 1.65. The maximum atomic E-state index is 10.7. The highest BCUT2D eigenvalue weighted by molar-refractivity contribution is 6.29. The smallest absolute Gasteiger partial charge is 0.274 e. The molecule has 0 atom stereocenters. The van der Waals surface area contributed by atoms with E-state index < -0.39 is 4.92 Å². The van der Waals surface area contributed by atoms with Crippen molar-refractivity contribution in [3.63, 3.8) is 0 Å². The summed E-state index contributed by atoms with van der Waals surface area (Å²) in [5, 5.41) is 13.9. The van der Waals surface area contributed by atoms with Crippen LogP contribution in [-0.4, -0.2) is 23.5 Å². The topological polar surface area (TPSA) is 71.3 Å². The first-order chi connectivity index (χ1) is 9.08. The van der Waals surface area contributed by atoms with Gasteiger partial charge in [-0.3, -0.25) is 10.1 Å². The lowest BCUT2D eigenvalue weighted by molar-refractivity contribution is -0.403. The number of hydrogen-bond acceptors (Lipinski definition) is 5. The minimum Gasteiger partial charge on any atom is -0.369 e. The van der Waals surface area contributed by atoms with Gasteiger partial charge in [-0.05, 0) is 18.6 Å². The van der Waals surface area contributed by atoms with Crippen LogP contribution in [0.25, 0.3) is 0 Å². The Hall–Kier alpha value is -1.82. The molecule has 104 valence electrons. The second kappa shape index (κ2) is 7.58. The standard InChI is InChI=1S/C12H17ClN4O2/c1-3-4-7-16(12(14-2)9-17(18)19)10-5-6-11(13)15-8-10/h5-6,8-9,14H,3-4,7H2,1-2H3/b12-9-. The largest absolute Gasteiger partial charge is 0.369 e. The van der Waals surface area contributed by atoms with Crippen LogP contribution < -0.4 is 10.2 Å². The van der Waals surface area contributed by atoms with E-state index in [1.54, 1.807) is 25.4 Å². The normalized spacial score (nSPS) is 11.2. The van der Waals surface area contributed by atoms with Crippen molar-refractivity contribution >= 4 is 17.3 Å². The average Bonchev–Trinajstić information content (AvgIpc) is 2.39. The first kappa shape index (κ1) is 15.2. The lowest BCUT2D eigenvalue weighted by Crippen LogP contribution is -2.31. The molecular weight excluding hydrogens is 268 g/mol. The number of nitrogens with one attached hydrogen (secondary N) is 1. The van der Waals surface area contributed by atoms with Gasteiger partial charge in [0.1, 0.15) is 5.15 Å². The van der Waals surface area contributed by atoms with Gasteiger partial charge in [0, 0.05) is 13.6 Å². The van der Waals surface area contributed by atoms with E-state index >= 15 is 0 Å². The molecule has 0 aliphatic rings. The van der Waals surface area contributed by atoms with Crippen LogP contribution in [0.1, 0.15) is 19.8 Å². The van der Waals surface area contributed by atoms with Gasteiger partial charge in [0.25, 0.3) is 6.20 Å². The summed E-state index contributed by atoms with van der Waals surface area (Å²) in [5.74, 6) is 0.419. The zero-order chi connectivity index (χ0) is 14.3. The van der Waals surface area contributed by atoms with Crippen molar-refractivity contribution in [2.45, 2.75) is 19.8 Å². The molecule has 6 nitrogen and oxygen atoms in total. The number of unbranched alkanes of at least 4 members (excludes halogenated alkanes) is 1. The van der Waals surface area contributed by atoms with E-state index in [2.05, 4.69) is 17.2 Å². The molecule has 7 heteroatoms. The second-order valence-corrected chi connectivity index (χ2v) is 4.28. The highest BCUT2D eigenvalue weighted by atomic mass is 35.5. The molecule has 0 aliphatic heterocycles. The SMILES string of the molecule is CCCCN(/C(=C\[N+](=O)[O-])NC)c1ccc(Cl)nc1. The van der Waals surface area contributed by atoms with Crippen LogP contribution in [0.3, 0.4) is 0 Å². The van der Waals surface area contributed by atoms with Crippen molar-refractivity contribution in [1.29, 1.82) is 0 Å². The molecule has 1 N–H and O–H groups in total. The predicted molar refractivity (Wildman–Crippen MR) is 75.6 cm³/mol. The Bertz CT molecular complexity index is 448. The maximum absolute atomic E-state index is 10.7. The third kappa shape index (κ3) is 4.75. The summed E-state index contributed by atoms with van der Waals surface area (Å²) in [6.45, 7) is 2.73. The van der Waals surface area contributed by atoms with Crippen molar-refractivity contribution in [2.24, 2.45) is 0 Å². The summed E-state index contributed by atoms with van der Waals surface area (Å²) in [6, 6.07) is 3.45. The molecule has 0 spiro atoms. The quantitative estimate of drug-likeness (QED) is 0.473. The van der Waals surface area contributed by atoms with Crippen LogP contribution in [0.2, 0.25) is 5.15 Å². The number of pyridine rings is 1. The van der Waals surface area contributed by atoms with Crippen LogP contribution in [-0.2, 0) is 0 Å². The van der Waals surface area contributed by atoms with E-state index in [1.807, 2.05) is 4.90 Å². The van der Waals surface area contributed by atoms with E-state index in [-0.39, 0.29) is 0 Å². The zero-order valence-electron chi connectivity index (χ0n) is 11.0. The molecule has 0 amide bonds. The molecule has 19 heavy (non-hydrogen) atoms. The van der Waals surface area contributed by atoms with Gasteiger partial charge in [0.15, 0.2) is 5.82 Å². The molecular formula is C12H17ClN4O2. The first-order valence-corrected chi connectivity index (χ1v) is 6.38. The lowest BCUT2D eigenvalue weighted by Gasteiger charge is -2.25. The molecule has 0 unspecified atom stereocenters. The zero-order valence-corrected chi connectivity index (χ0v) is 11.7. The number of nitrogens with zero attached hydrogens (tertiary/aromatic N) is 3. The van der Waals surface area contributed by atoms with E-state index in [4.69, 9.17) is 11.6 Å². The molecule has 0 fully saturated rings. The molecule has 0 saturated carbocycles. The molecule has 1 aromatic rings. The van der Waals surface area contributed by atoms with Gasteiger partial charge >= 0.3 is 0 Å². The predicted octanol–water partition coefficient (Wildman–Crippen LogP) is 2.64. The maximum Gasteiger partial charge on any atom is 0.274 e. The fraction of sp³-hybridized carbons (Fsp3) is 0.417. The fourth-order valence-corrected chi connectivity index (χ4v) is 1.71. The Morgan fingerprint density at radius 2 is 2.37 bits per heavy atom. The summed E-state index contributed by atoms with van der Waals surface area (Å²) in [6.07, 6.45) is 4.46. The van der Waals surface area contributed by atoms with Gasteiger partial charge in [-0.25, -0.2) is 4.98 Å². The van der Waals surface area contributed by atoms with Crippen molar-refractivity contribution in [1.82, 2.24) is 10.3 Å². The second-order valence-electron chi connectivity index (χ2n) is 3.89. The van der Waals surface area contributed by atoms with Crippen molar-refractivity contribution in [2.75, 3.05) is 18.5 Å². The van der Waals surface area contributed by atoms with Gasteiger partial charge in [0.05, 0.1) is 16.8 Å². The Labute approximate surface area is 117 Å². The Kier molecular flexibility index (Phi) is 6.08. The molecule has 0 saturated heterocycles. The molecule has 0 aromatic carbocycles. The van der Waals surface area contributed by atoms with Crippen LogP contribution >= 0.6 is 11.6 Å². The number of aromatic nitrogens is 1. The molecule has 0 aliphatic carbocycles. The van der Waals surface area contributed by atoms with E-state index in [0.29, 0.717) is 17.5 Å². The molecule has 1 aromatic heterocycles. The molecule has 1 heterocycles. The first-order valence-electron chi connectivity index (χ1n) is 6.00. The number of anilines is 1. The van der Waals surface area contributed by atoms with Gasteiger partial charge in [-0.15, -0.1) is 0 Å². The third-order valence-corrected chi connectivity index (χ3v) is 2.76. The highest BCUT2D eigenvalue weighted by Gasteiger charge is 2.14. The average molecular weight is 285 g/mol. The highest BCUT2D eigenvalue weighted by Crippen LogP contribution is 2.19. The van der Waals surface area contributed by atoms with Crippen LogP contribution in [0.15, 0.2) is 30.4 Å². The van der Waals surface area contributed by atoms with Crippen LogP contribution in [0.5, 0.6) is 0 Å². The third-order valence-electron chi connectivity index (χ3n) is 2.53. The van der Waals surface area contributed by atoms with Gasteiger partial charge in [0.2, 0.25) is 0 Å². The fourth-order valence-electron chi connectivity index (χ4n) is 1.60. The van der Waals surface area contributed by atoms with Gasteiger partial charge in [-0.1, -0.05) is 24.9 Å². The Balaban J connectivity index is 3.05. The molecule has 0 radical (unpaired) electrons. The monoisotopic (exact) mass is 284 g/mol. The van der Waals surface area contributed by atoms with Gasteiger partial charge < -0.3 is 10.2 Å². The number of rotatable bonds is 7. The van der Waals surface area contributed by atoms with E-state index in [1.165, 1.54) is 0 Å². The molecule has 1 rings (SSSR count). The summed E-state index contributed by atoms with van der Waals surface area (Å²) in [5.41, 5.74) is 0.764. The number of halogens is 1. The summed E-state index contributed by atoms with van der Waals surface area (Å²) in [4.78, 5) is 16.0. The Morgan fingerprint density at radius 3 is 2.84 bits per heavy atom. The lowest BCUT2D eigenvalue weighted by atomic mass is 10.3. The minimum atomic E-state index is -0.478. The number of hydrogen-bond donors (Lipinski definition) is 1. The summed E-state index contributed by atoms with van der Waals surface area (Å²) >= 11 is 5.75. The molecule has 0 bridgehead atoms. The summed E-state index contributed by atoms with van der Waals surface area (Å²) < 4.78 is 0. The van der Waals surface area contributed by atoms with Crippen LogP contribution in [0.4, 0.5) is 5.69 Å². The van der Waals surface area contributed by atoms with Crippen molar-refractivity contribution in [3.05, 3.63) is 45.6 Å². The van der Waals surface area contributed by atoms with Crippen molar-refractivity contribution in [3.8, 4) is 0 Å². The minimum absolute atomic E-state index is 0.392. The Morgan fingerprint density at radius 1 is 1.63 bits per heavy atom. The van der Waals surface area contributed by atoms with Crippen molar-refractivity contribution < 1.29 is 4.92 Å². The van der Waals surface area contributed by atoms with E-state index in [9.17, 15) is 10.1 Å².